The number of ether oxygens (including phenoxy) is 1. The fourth-order valence-corrected chi connectivity index (χ4v) is 1.55. The van der Waals surface area contributed by atoms with Gasteiger partial charge in [0.1, 0.15) is 0 Å². The summed E-state index contributed by atoms with van der Waals surface area (Å²) < 4.78 is 5.28. The fraction of sp³-hybridized carbons (Fsp3) is 0.727. The van der Waals surface area contributed by atoms with Crippen LogP contribution in [0, 0.1) is 0 Å². The lowest BCUT2D eigenvalue weighted by atomic mass is 10.3. The second-order valence-electron chi connectivity index (χ2n) is 3.74. The van der Waals surface area contributed by atoms with Crippen LogP contribution in [0.1, 0.15) is 6.42 Å². The summed E-state index contributed by atoms with van der Waals surface area (Å²) in [6, 6.07) is 0. The standard InChI is InChI=1S/C11H22N4O/c1-2-4-13-11(12)14-5-3-6-15-7-9-16-10-8-15/h2H,1,3-10H2,(H3,12,13,14). The number of aliphatic imine (C=N–C) groups is 1. The first-order chi connectivity index (χ1) is 7.83. The molecule has 1 aliphatic rings. The minimum Gasteiger partial charge on any atom is -0.379 e. The van der Waals surface area contributed by atoms with E-state index in [0.717, 1.165) is 45.8 Å². The van der Waals surface area contributed by atoms with Gasteiger partial charge in [0, 0.05) is 32.7 Å². The Kier molecular flexibility index (Phi) is 6.60. The van der Waals surface area contributed by atoms with Crippen LogP contribution in [-0.4, -0.2) is 56.8 Å². The largest absolute Gasteiger partial charge is 0.379 e. The molecule has 1 heterocycles. The average molecular weight is 226 g/mol. The van der Waals surface area contributed by atoms with E-state index in [4.69, 9.17) is 10.5 Å². The molecule has 0 unspecified atom stereocenters. The van der Waals surface area contributed by atoms with Gasteiger partial charge in [-0.2, -0.15) is 0 Å². The van der Waals surface area contributed by atoms with E-state index in [2.05, 4.69) is 21.8 Å². The molecular formula is C11H22N4O. The molecule has 0 bridgehead atoms. The first-order valence-corrected chi connectivity index (χ1v) is 5.77. The number of hydrogen-bond donors (Lipinski definition) is 2. The molecule has 0 aliphatic carbocycles. The predicted molar refractivity (Wildman–Crippen MR) is 66.6 cm³/mol. The van der Waals surface area contributed by atoms with E-state index in [9.17, 15) is 0 Å². The zero-order valence-corrected chi connectivity index (χ0v) is 9.82. The number of guanidine groups is 1. The molecule has 0 radical (unpaired) electrons. The van der Waals surface area contributed by atoms with Crippen molar-refractivity contribution in [1.29, 1.82) is 0 Å². The maximum absolute atomic E-state index is 5.64. The molecule has 1 aliphatic heterocycles. The van der Waals surface area contributed by atoms with Gasteiger partial charge in [0.15, 0.2) is 5.96 Å². The van der Waals surface area contributed by atoms with Gasteiger partial charge >= 0.3 is 0 Å². The van der Waals surface area contributed by atoms with Crippen LogP contribution in [0.5, 0.6) is 0 Å². The summed E-state index contributed by atoms with van der Waals surface area (Å²) in [6.07, 6.45) is 2.80. The zero-order valence-electron chi connectivity index (χ0n) is 9.82. The van der Waals surface area contributed by atoms with Crippen LogP contribution in [0.25, 0.3) is 0 Å². The average Bonchev–Trinajstić information content (AvgIpc) is 2.33. The summed E-state index contributed by atoms with van der Waals surface area (Å²) in [7, 11) is 0. The predicted octanol–water partition coefficient (Wildman–Crippen LogP) is -0.201. The molecule has 0 aromatic carbocycles. The maximum atomic E-state index is 5.64. The molecule has 92 valence electrons. The topological polar surface area (TPSA) is 62.9 Å². The highest BCUT2D eigenvalue weighted by Gasteiger charge is 2.08. The Morgan fingerprint density at radius 2 is 2.25 bits per heavy atom. The summed E-state index contributed by atoms with van der Waals surface area (Å²) in [4.78, 5) is 6.62. The molecule has 0 saturated carbocycles. The van der Waals surface area contributed by atoms with Gasteiger partial charge in [-0.3, -0.25) is 9.89 Å². The van der Waals surface area contributed by atoms with Crippen LogP contribution < -0.4 is 11.1 Å². The highest BCUT2D eigenvalue weighted by molar-refractivity contribution is 5.77. The van der Waals surface area contributed by atoms with E-state index in [-0.39, 0.29) is 0 Å². The molecule has 1 rings (SSSR count). The second-order valence-corrected chi connectivity index (χ2v) is 3.74. The molecule has 3 N–H and O–H groups in total. The monoisotopic (exact) mass is 226 g/mol. The van der Waals surface area contributed by atoms with Crippen molar-refractivity contribution in [2.24, 2.45) is 10.7 Å². The Morgan fingerprint density at radius 1 is 1.50 bits per heavy atom. The normalized spacial score (nSPS) is 18.4. The number of morpholine rings is 1. The van der Waals surface area contributed by atoms with Crippen LogP contribution in [0.2, 0.25) is 0 Å². The summed E-state index contributed by atoms with van der Waals surface area (Å²) in [5.74, 6) is 0.502. The lowest BCUT2D eigenvalue weighted by Gasteiger charge is -2.26. The van der Waals surface area contributed by atoms with E-state index in [1.54, 1.807) is 6.08 Å². The van der Waals surface area contributed by atoms with Gasteiger partial charge in [-0.05, 0) is 6.42 Å². The highest BCUT2D eigenvalue weighted by atomic mass is 16.5. The third-order valence-corrected chi connectivity index (χ3v) is 2.45. The summed E-state index contributed by atoms with van der Waals surface area (Å²) in [5, 5.41) is 2.95. The third kappa shape index (κ3) is 5.72. The smallest absolute Gasteiger partial charge is 0.188 e. The van der Waals surface area contributed by atoms with E-state index in [0.29, 0.717) is 12.5 Å². The van der Waals surface area contributed by atoms with Crippen molar-refractivity contribution in [3.05, 3.63) is 12.7 Å². The van der Waals surface area contributed by atoms with Crippen LogP contribution >= 0.6 is 0 Å². The highest BCUT2D eigenvalue weighted by Crippen LogP contribution is 1.97. The Hall–Kier alpha value is -1.07. The van der Waals surface area contributed by atoms with Crippen molar-refractivity contribution >= 4 is 5.96 Å². The zero-order chi connectivity index (χ0) is 11.6. The van der Waals surface area contributed by atoms with Crippen molar-refractivity contribution in [1.82, 2.24) is 10.2 Å². The molecule has 5 heteroatoms. The van der Waals surface area contributed by atoms with Gasteiger partial charge in [0.2, 0.25) is 0 Å². The molecule has 1 saturated heterocycles. The SMILES string of the molecule is C=CCNC(N)=NCCCN1CCOCC1. The van der Waals surface area contributed by atoms with Crippen molar-refractivity contribution in [2.45, 2.75) is 6.42 Å². The summed E-state index contributed by atoms with van der Waals surface area (Å²) >= 11 is 0. The number of nitrogens with zero attached hydrogens (tertiary/aromatic N) is 2. The first kappa shape index (κ1) is 13.0. The number of hydrogen-bond acceptors (Lipinski definition) is 3. The first-order valence-electron chi connectivity index (χ1n) is 5.77. The lowest BCUT2D eigenvalue weighted by molar-refractivity contribution is 0.0377. The van der Waals surface area contributed by atoms with E-state index in [1.165, 1.54) is 0 Å². The quantitative estimate of drug-likeness (QED) is 0.285. The van der Waals surface area contributed by atoms with E-state index < -0.39 is 0 Å². The molecule has 0 atom stereocenters. The Labute approximate surface area is 97.4 Å². The molecule has 1 fully saturated rings. The van der Waals surface area contributed by atoms with E-state index in [1.807, 2.05) is 0 Å². The fourth-order valence-electron chi connectivity index (χ4n) is 1.55. The van der Waals surface area contributed by atoms with Gasteiger partial charge in [-0.25, -0.2) is 0 Å². The minimum atomic E-state index is 0.502. The van der Waals surface area contributed by atoms with Crippen LogP contribution in [0.15, 0.2) is 17.6 Å². The number of rotatable bonds is 6. The van der Waals surface area contributed by atoms with Gasteiger partial charge in [0.05, 0.1) is 13.2 Å². The second kappa shape index (κ2) is 8.13. The van der Waals surface area contributed by atoms with Gasteiger partial charge < -0.3 is 15.8 Å². The van der Waals surface area contributed by atoms with Crippen LogP contribution in [-0.2, 0) is 4.74 Å². The Morgan fingerprint density at radius 3 is 2.94 bits per heavy atom. The van der Waals surface area contributed by atoms with Crippen molar-refractivity contribution < 1.29 is 4.74 Å². The van der Waals surface area contributed by atoms with Crippen molar-refractivity contribution in [2.75, 3.05) is 45.9 Å². The Bertz CT molecular complexity index is 224. The lowest BCUT2D eigenvalue weighted by Crippen LogP contribution is -2.37. The molecule has 5 nitrogen and oxygen atoms in total. The van der Waals surface area contributed by atoms with Gasteiger partial charge in [-0.15, -0.1) is 6.58 Å². The minimum absolute atomic E-state index is 0.502. The van der Waals surface area contributed by atoms with Gasteiger partial charge in [0.25, 0.3) is 0 Å². The molecule has 0 aromatic rings. The van der Waals surface area contributed by atoms with Crippen LogP contribution in [0.4, 0.5) is 0 Å². The molecule has 0 aromatic heterocycles. The molecule has 0 amide bonds. The summed E-state index contributed by atoms with van der Waals surface area (Å²) in [6.45, 7) is 9.88. The molecule has 0 spiro atoms. The maximum Gasteiger partial charge on any atom is 0.188 e. The molecular weight excluding hydrogens is 204 g/mol. The van der Waals surface area contributed by atoms with Gasteiger partial charge in [-0.1, -0.05) is 6.08 Å². The Balaban J connectivity index is 2.03. The third-order valence-electron chi connectivity index (χ3n) is 2.45. The molecule has 16 heavy (non-hydrogen) atoms. The van der Waals surface area contributed by atoms with Crippen molar-refractivity contribution in [3.63, 3.8) is 0 Å². The number of nitrogens with two attached hydrogens (primary N) is 1. The summed E-state index contributed by atoms with van der Waals surface area (Å²) in [5.41, 5.74) is 5.64. The number of nitrogens with one attached hydrogen (secondary N) is 1. The van der Waals surface area contributed by atoms with Crippen molar-refractivity contribution in [3.8, 4) is 0 Å². The van der Waals surface area contributed by atoms with E-state index >= 15 is 0 Å². The van der Waals surface area contributed by atoms with Crippen LogP contribution in [0.3, 0.4) is 0 Å².